The molecule has 0 saturated carbocycles. The first kappa shape index (κ1) is 16.0. The number of hydrazine groups is 1. The summed E-state index contributed by atoms with van der Waals surface area (Å²) in [4.78, 5) is 9.26. The molecule has 7 heteroatoms. The first-order valence-electron chi connectivity index (χ1n) is 7.62. The number of aromatic nitrogens is 2. The van der Waals surface area contributed by atoms with Crippen molar-refractivity contribution in [2.45, 2.75) is 13.3 Å². The number of anilines is 1. The first-order chi connectivity index (χ1) is 10.8. The Labute approximate surface area is 140 Å². The van der Waals surface area contributed by atoms with Crippen LogP contribution in [0.4, 0.5) is 5.82 Å². The van der Waals surface area contributed by atoms with E-state index in [4.69, 9.17) is 9.15 Å². The Balaban J connectivity index is 0.00000156. The molecule has 1 saturated heterocycles. The second kappa shape index (κ2) is 6.70. The maximum atomic E-state index is 5.98. The summed E-state index contributed by atoms with van der Waals surface area (Å²) in [5.74, 6) is 1.55. The lowest BCUT2D eigenvalue weighted by Gasteiger charge is -2.27. The lowest BCUT2D eigenvalue weighted by molar-refractivity contribution is 0.0495. The Kier molecular flexibility index (Phi) is 4.66. The van der Waals surface area contributed by atoms with Crippen molar-refractivity contribution < 1.29 is 9.15 Å². The molecule has 0 radical (unpaired) electrons. The number of halogens is 1. The predicted octanol–water partition coefficient (Wildman–Crippen LogP) is 3.02. The Bertz CT molecular complexity index is 814. The lowest BCUT2D eigenvalue weighted by Crippen LogP contribution is -2.40. The quantitative estimate of drug-likeness (QED) is 0.794. The molecule has 1 fully saturated rings. The minimum absolute atomic E-state index is 0. The van der Waals surface area contributed by atoms with Crippen LogP contribution in [0.3, 0.4) is 0 Å². The molecule has 2 aromatic heterocycles. The van der Waals surface area contributed by atoms with Crippen molar-refractivity contribution in [3.05, 3.63) is 30.1 Å². The largest absolute Gasteiger partial charge is 0.450 e. The summed E-state index contributed by atoms with van der Waals surface area (Å²) >= 11 is 0. The van der Waals surface area contributed by atoms with Crippen LogP contribution < -0.4 is 5.43 Å². The minimum atomic E-state index is 0. The number of ether oxygens (including phenoxy) is 1. The van der Waals surface area contributed by atoms with E-state index in [0.29, 0.717) is 5.58 Å². The smallest absolute Gasteiger partial charge is 0.197 e. The highest BCUT2D eigenvalue weighted by molar-refractivity contribution is 6.05. The van der Waals surface area contributed by atoms with Crippen molar-refractivity contribution in [2.24, 2.45) is 0 Å². The molecular weight excluding hydrogens is 316 g/mol. The summed E-state index contributed by atoms with van der Waals surface area (Å²) < 4.78 is 11.4. The Hall–Kier alpha value is -1.89. The fourth-order valence-electron chi connectivity index (χ4n) is 2.70. The van der Waals surface area contributed by atoms with Gasteiger partial charge in [-0.25, -0.2) is 15.0 Å². The molecule has 4 rings (SSSR count). The number of aryl methyl sites for hydroxylation is 1. The summed E-state index contributed by atoms with van der Waals surface area (Å²) in [5, 5.41) is 3.14. The molecule has 0 spiro atoms. The molecule has 122 valence electrons. The third-order valence-corrected chi connectivity index (χ3v) is 3.86. The van der Waals surface area contributed by atoms with Crippen molar-refractivity contribution in [2.75, 3.05) is 31.7 Å². The van der Waals surface area contributed by atoms with Crippen LogP contribution in [0, 0.1) is 0 Å². The van der Waals surface area contributed by atoms with Crippen molar-refractivity contribution in [1.29, 1.82) is 0 Å². The van der Waals surface area contributed by atoms with Gasteiger partial charge in [0.1, 0.15) is 16.9 Å². The first-order valence-corrected chi connectivity index (χ1v) is 7.62. The van der Waals surface area contributed by atoms with Crippen molar-refractivity contribution in [3.8, 4) is 0 Å². The fourth-order valence-corrected chi connectivity index (χ4v) is 2.70. The highest BCUT2D eigenvalue weighted by Crippen LogP contribution is 2.31. The van der Waals surface area contributed by atoms with E-state index < -0.39 is 0 Å². The van der Waals surface area contributed by atoms with Crippen LogP contribution in [-0.4, -0.2) is 41.3 Å². The standard InChI is InChI=1S/C16H18N4O2.ClH/c1-2-13-17-14-11-5-3-4-6-12(11)22-15(14)16(18-13)19-20-7-9-21-10-8-20;/h3-6H,2,7-10H2,1H3,(H,17,18,19);1H. The SMILES string of the molecule is CCc1nc(NN2CCOCC2)c2oc3ccccc3c2n1.Cl. The number of nitrogens with zero attached hydrogens (tertiary/aromatic N) is 3. The molecule has 1 aromatic carbocycles. The van der Waals surface area contributed by atoms with Gasteiger partial charge < -0.3 is 9.15 Å². The summed E-state index contributed by atoms with van der Waals surface area (Å²) in [6.07, 6.45) is 0.785. The van der Waals surface area contributed by atoms with E-state index in [1.54, 1.807) is 0 Å². The minimum Gasteiger partial charge on any atom is -0.450 e. The van der Waals surface area contributed by atoms with Gasteiger partial charge in [-0.3, -0.25) is 5.43 Å². The van der Waals surface area contributed by atoms with Crippen LogP contribution in [0.2, 0.25) is 0 Å². The van der Waals surface area contributed by atoms with Gasteiger partial charge in [0, 0.05) is 24.9 Å². The van der Waals surface area contributed by atoms with E-state index in [-0.39, 0.29) is 12.4 Å². The van der Waals surface area contributed by atoms with Crippen LogP contribution in [0.15, 0.2) is 28.7 Å². The zero-order valence-electron chi connectivity index (χ0n) is 12.9. The Morgan fingerprint density at radius 1 is 1.17 bits per heavy atom. The predicted molar refractivity (Wildman–Crippen MR) is 92.0 cm³/mol. The highest BCUT2D eigenvalue weighted by Gasteiger charge is 2.18. The third-order valence-electron chi connectivity index (χ3n) is 3.86. The molecule has 1 aliphatic heterocycles. The summed E-state index contributed by atoms with van der Waals surface area (Å²) in [6, 6.07) is 7.96. The maximum Gasteiger partial charge on any atom is 0.197 e. The summed E-state index contributed by atoms with van der Waals surface area (Å²) in [6.45, 7) is 5.16. The summed E-state index contributed by atoms with van der Waals surface area (Å²) in [5.41, 5.74) is 5.79. The molecule has 0 aliphatic carbocycles. The monoisotopic (exact) mass is 334 g/mol. The number of para-hydroxylation sites is 1. The molecule has 0 atom stereocenters. The van der Waals surface area contributed by atoms with Gasteiger partial charge in [-0.15, -0.1) is 12.4 Å². The number of hydrogen-bond acceptors (Lipinski definition) is 6. The average molecular weight is 335 g/mol. The second-order valence-corrected chi connectivity index (χ2v) is 5.33. The number of fused-ring (bicyclic) bond motifs is 3. The number of hydrogen-bond donors (Lipinski definition) is 1. The molecule has 1 N–H and O–H groups in total. The van der Waals surface area contributed by atoms with Gasteiger partial charge in [0.25, 0.3) is 0 Å². The Morgan fingerprint density at radius 2 is 1.96 bits per heavy atom. The van der Waals surface area contributed by atoms with Crippen LogP contribution in [0.1, 0.15) is 12.7 Å². The van der Waals surface area contributed by atoms with Gasteiger partial charge in [0.15, 0.2) is 11.4 Å². The average Bonchev–Trinajstić information content (AvgIpc) is 2.95. The van der Waals surface area contributed by atoms with E-state index in [2.05, 4.69) is 27.3 Å². The molecule has 3 heterocycles. The maximum absolute atomic E-state index is 5.98. The fraction of sp³-hybridized carbons (Fsp3) is 0.375. The number of rotatable bonds is 3. The van der Waals surface area contributed by atoms with Crippen molar-refractivity contribution >= 4 is 40.3 Å². The van der Waals surface area contributed by atoms with Crippen LogP contribution in [0.5, 0.6) is 0 Å². The number of benzene rings is 1. The molecule has 0 unspecified atom stereocenters. The second-order valence-electron chi connectivity index (χ2n) is 5.33. The molecule has 6 nitrogen and oxygen atoms in total. The third kappa shape index (κ3) is 2.97. The van der Waals surface area contributed by atoms with Gasteiger partial charge in [0.05, 0.1) is 13.2 Å². The van der Waals surface area contributed by atoms with E-state index in [0.717, 1.165) is 60.9 Å². The van der Waals surface area contributed by atoms with Gasteiger partial charge in [-0.2, -0.15) is 0 Å². The lowest BCUT2D eigenvalue weighted by atomic mass is 10.2. The van der Waals surface area contributed by atoms with Crippen LogP contribution in [0.25, 0.3) is 22.1 Å². The van der Waals surface area contributed by atoms with E-state index in [9.17, 15) is 0 Å². The van der Waals surface area contributed by atoms with Gasteiger partial charge in [-0.05, 0) is 12.1 Å². The van der Waals surface area contributed by atoms with Crippen molar-refractivity contribution in [3.63, 3.8) is 0 Å². The van der Waals surface area contributed by atoms with Crippen LogP contribution in [-0.2, 0) is 11.2 Å². The molecule has 1 aliphatic rings. The highest BCUT2D eigenvalue weighted by atomic mass is 35.5. The topological polar surface area (TPSA) is 63.4 Å². The van der Waals surface area contributed by atoms with Crippen molar-refractivity contribution in [1.82, 2.24) is 15.0 Å². The van der Waals surface area contributed by atoms with Gasteiger partial charge in [-0.1, -0.05) is 19.1 Å². The molecule has 0 amide bonds. The number of nitrogens with one attached hydrogen (secondary N) is 1. The van der Waals surface area contributed by atoms with E-state index in [1.165, 1.54) is 0 Å². The van der Waals surface area contributed by atoms with E-state index >= 15 is 0 Å². The molecular formula is C16H19ClN4O2. The summed E-state index contributed by atoms with van der Waals surface area (Å²) in [7, 11) is 0. The normalized spacial score (nSPS) is 15.7. The zero-order valence-corrected chi connectivity index (χ0v) is 13.7. The van der Waals surface area contributed by atoms with Gasteiger partial charge >= 0.3 is 0 Å². The Morgan fingerprint density at radius 3 is 2.74 bits per heavy atom. The molecule has 23 heavy (non-hydrogen) atoms. The van der Waals surface area contributed by atoms with Gasteiger partial charge in [0.2, 0.25) is 0 Å². The van der Waals surface area contributed by atoms with E-state index in [1.807, 2.05) is 24.3 Å². The van der Waals surface area contributed by atoms with Crippen LogP contribution >= 0.6 is 12.4 Å². The zero-order chi connectivity index (χ0) is 14.9. The number of furan rings is 1. The molecule has 0 bridgehead atoms. The number of morpholine rings is 1. The molecule has 3 aromatic rings.